The number of para-hydroxylation sites is 1. The van der Waals surface area contributed by atoms with Gasteiger partial charge in [0.1, 0.15) is 5.76 Å². The van der Waals surface area contributed by atoms with E-state index in [1.54, 1.807) is 6.20 Å². The smallest absolute Gasteiger partial charge is 0.244 e. The van der Waals surface area contributed by atoms with E-state index in [1.807, 2.05) is 42.2 Å². The van der Waals surface area contributed by atoms with E-state index in [0.29, 0.717) is 0 Å². The highest BCUT2D eigenvalue weighted by atomic mass is 16.4. The number of aryl methyl sites for hydroxylation is 1. The second-order valence-electron chi connectivity index (χ2n) is 6.81. The Morgan fingerprint density at radius 2 is 1.88 bits per heavy atom. The number of carbonyl (C=O) groups is 1. The van der Waals surface area contributed by atoms with Crippen molar-refractivity contribution < 1.29 is 9.21 Å². The van der Waals surface area contributed by atoms with Crippen LogP contribution in [0.25, 0.3) is 0 Å². The molecule has 6 heteroatoms. The molecular formula is C19H24N4O2. The van der Waals surface area contributed by atoms with Crippen molar-refractivity contribution in [1.29, 1.82) is 0 Å². The van der Waals surface area contributed by atoms with E-state index in [4.69, 9.17) is 4.42 Å². The highest BCUT2D eigenvalue weighted by Crippen LogP contribution is 2.25. The third-order valence-electron chi connectivity index (χ3n) is 5.12. The van der Waals surface area contributed by atoms with E-state index in [9.17, 15) is 4.79 Å². The van der Waals surface area contributed by atoms with Crippen LogP contribution in [0.15, 0.2) is 40.9 Å². The summed E-state index contributed by atoms with van der Waals surface area (Å²) in [6.45, 7) is 7.18. The van der Waals surface area contributed by atoms with Crippen LogP contribution >= 0.6 is 0 Å². The van der Waals surface area contributed by atoms with Crippen LogP contribution in [0.2, 0.25) is 0 Å². The predicted octanol–water partition coefficient (Wildman–Crippen LogP) is 1.91. The summed E-state index contributed by atoms with van der Waals surface area (Å²) in [6.07, 6.45) is 2.67. The zero-order chi connectivity index (χ0) is 17.2. The lowest BCUT2D eigenvalue weighted by molar-refractivity contribution is -0.122. The van der Waals surface area contributed by atoms with Gasteiger partial charge in [0.25, 0.3) is 0 Å². The summed E-state index contributed by atoms with van der Waals surface area (Å²) in [4.78, 5) is 23.7. The molecule has 1 atom stereocenters. The number of aromatic nitrogens is 1. The SMILES string of the molecule is Cc1cnc(CN2CCN([C@H]3CCN(c4ccccc4)C3=O)CC2)o1. The minimum atomic E-state index is 0.0198. The number of rotatable bonds is 4. The van der Waals surface area contributed by atoms with Crippen molar-refractivity contribution >= 4 is 11.6 Å². The van der Waals surface area contributed by atoms with Crippen LogP contribution in [-0.2, 0) is 11.3 Å². The van der Waals surface area contributed by atoms with Crippen LogP contribution in [0, 0.1) is 6.92 Å². The van der Waals surface area contributed by atoms with Gasteiger partial charge in [-0.15, -0.1) is 0 Å². The van der Waals surface area contributed by atoms with Crippen LogP contribution in [0.1, 0.15) is 18.1 Å². The van der Waals surface area contributed by atoms with Crippen LogP contribution < -0.4 is 4.90 Å². The van der Waals surface area contributed by atoms with E-state index < -0.39 is 0 Å². The molecule has 25 heavy (non-hydrogen) atoms. The van der Waals surface area contributed by atoms with Crippen molar-refractivity contribution in [3.05, 3.63) is 48.2 Å². The first-order valence-electron chi connectivity index (χ1n) is 8.95. The van der Waals surface area contributed by atoms with Crippen molar-refractivity contribution in [1.82, 2.24) is 14.8 Å². The Morgan fingerprint density at radius 1 is 1.12 bits per heavy atom. The molecule has 2 aliphatic rings. The maximum absolute atomic E-state index is 12.8. The molecule has 1 aromatic heterocycles. The standard InChI is InChI=1S/C19H24N4O2/c1-15-13-20-18(25-15)14-21-9-11-22(12-10-21)17-7-8-23(19(17)24)16-5-3-2-4-6-16/h2-6,13,17H,7-12,14H2,1H3/t17-/m0/s1. The average molecular weight is 340 g/mol. The van der Waals surface area contributed by atoms with Crippen LogP contribution in [-0.4, -0.2) is 59.5 Å². The number of carbonyl (C=O) groups excluding carboxylic acids is 1. The van der Waals surface area contributed by atoms with Gasteiger partial charge in [-0.3, -0.25) is 14.6 Å². The molecule has 2 aliphatic heterocycles. The fourth-order valence-electron chi connectivity index (χ4n) is 3.77. The average Bonchev–Trinajstić information content (AvgIpc) is 3.22. The van der Waals surface area contributed by atoms with Gasteiger partial charge in [-0.2, -0.15) is 0 Å². The Bertz CT molecular complexity index is 722. The number of hydrogen-bond acceptors (Lipinski definition) is 5. The van der Waals surface area contributed by atoms with E-state index in [0.717, 1.165) is 63.0 Å². The molecule has 0 N–H and O–H groups in total. The van der Waals surface area contributed by atoms with Gasteiger partial charge in [-0.1, -0.05) is 18.2 Å². The summed E-state index contributed by atoms with van der Waals surface area (Å²) in [5, 5.41) is 0. The van der Waals surface area contributed by atoms with Gasteiger partial charge in [-0.25, -0.2) is 4.98 Å². The van der Waals surface area contributed by atoms with Gasteiger partial charge in [0.15, 0.2) is 0 Å². The quantitative estimate of drug-likeness (QED) is 0.851. The number of benzene rings is 1. The molecule has 0 saturated carbocycles. The summed E-state index contributed by atoms with van der Waals surface area (Å²) in [5.74, 6) is 1.87. The highest BCUT2D eigenvalue weighted by molar-refractivity contribution is 5.99. The molecule has 1 amide bonds. The lowest BCUT2D eigenvalue weighted by Crippen LogP contribution is -2.52. The first kappa shape index (κ1) is 16.3. The van der Waals surface area contributed by atoms with Crippen molar-refractivity contribution in [3.63, 3.8) is 0 Å². The molecule has 6 nitrogen and oxygen atoms in total. The lowest BCUT2D eigenvalue weighted by Gasteiger charge is -2.36. The molecule has 4 rings (SSSR count). The third kappa shape index (κ3) is 3.45. The van der Waals surface area contributed by atoms with Crippen LogP contribution in [0.5, 0.6) is 0 Å². The second-order valence-corrected chi connectivity index (χ2v) is 6.81. The monoisotopic (exact) mass is 340 g/mol. The fourth-order valence-corrected chi connectivity index (χ4v) is 3.77. The molecule has 1 aromatic carbocycles. The molecule has 132 valence electrons. The molecule has 2 saturated heterocycles. The molecule has 0 bridgehead atoms. The summed E-state index contributed by atoms with van der Waals surface area (Å²) in [5.41, 5.74) is 1.01. The number of anilines is 1. The first-order chi connectivity index (χ1) is 12.2. The largest absolute Gasteiger partial charge is 0.445 e. The predicted molar refractivity (Wildman–Crippen MR) is 95.3 cm³/mol. The van der Waals surface area contributed by atoms with Crippen molar-refractivity contribution in [2.75, 3.05) is 37.6 Å². The van der Waals surface area contributed by atoms with Gasteiger partial charge < -0.3 is 9.32 Å². The van der Waals surface area contributed by atoms with Crippen molar-refractivity contribution in [2.24, 2.45) is 0 Å². The summed E-state index contributed by atoms with van der Waals surface area (Å²) >= 11 is 0. The fraction of sp³-hybridized carbons (Fsp3) is 0.474. The molecule has 2 fully saturated rings. The number of oxazole rings is 1. The van der Waals surface area contributed by atoms with E-state index in [1.165, 1.54) is 0 Å². The minimum absolute atomic E-state index is 0.0198. The zero-order valence-corrected chi connectivity index (χ0v) is 14.6. The van der Waals surface area contributed by atoms with Crippen LogP contribution in [0.3, 0.4) is 0 Å². The number of nitrogens with zero attached hydrogens (tertiary/aromatic N) is 4. The van der Waals surface area contributed by atoms with Crippen molar-refractivity contribution in [3.8, 4) is 0 Å². The van der Waals surface area contributed by atoms with E-state index in [-0.39, 0.29) is 11.9 Å². The van der Waals surface area contributed by atoms with Crippen molar-refractivity contribution in [2.45, 2.75) is 25.9 Å². The van der Waals surface area contributed by atoms with Crippen LogP contribution in [0.4, 0.5) is 5.69 Å². The minimum Gasteiger partial charge on any atom is -0.445 e. The molecule has 0 radical (unpaired) electrons. The summed E-state index contributed by atoms with van der Waals surface area (Å²) in [6, 6.07) is 9.99. The number of amides is 1. The summed E-state index contributed by atoms with van der Waals surface area (Å²) < 4.78 is 5.57. The molecule has 2 aromatic rings. The maximum atomic E-state index is 12.8. The number of piperazine rings is 1. The zero-order valence-electron chi connectivity index (χ0n) is 14.6. The van der Waals surface area contributed by atoms with Gasteiger partial charge in [0.2, 0.25) is 11.8 Å². The molecule has 0 spiro atoms. The van der Waals surface area contributed by atoms with Gasteiger partial charge in [0.05, 0.1) is 18.8 Å². The Labute approximate surface area is 148 Å². The molecule has 3 heterocycles. The Morgan fingerprint density at radius 3 is 2.56 bits per heavy atom. The summed E-state index contributed by atoms with van der Waals surface area (Å²) in [7, 11) is 0. The Balaban J connectivity index is 1.33. The number of hydrogen-bond donors (Lipinski definition) is 0. The second kappa shape index (κ2) is 6.98. The van der Waals surface area contributed by atoms with Gasteiger partial charge in [-0.05, 0) is 25.5 Å². The maximum Gasteiger partial charge on any atom is 0.244 e. The first-order valence-corrected chi connectivity index (χ1v) is 8.95. The normalized spacial score (nSPS) is 22.7. The van der Waals surface area contributed by atoms with Gasteiger partial charge in [0, 0.05) is 38.4 Å². The Kier molecular flexibility index (Phi) is 4.55. The third-order valence-corrected chi connectivity index (χ3v) is 5.12. The topological polar surface area (TPSA) is 52.8 Å². The molecule has 0 aliphatic carbocycles. The molecule has 0 unspecified atom stereocenters. The Hall–Kier alpha value is -2.18. The van der Waals surface area contributed by atoms with Gasteiger partial charge >= 0.3 is 0 Å². The molecular weight excluding hydrogens is 316 g/mol. The highest BCUT2D eigenvalue weighted by Gasteiger charge is 2.37. The lowest BCUT2D eigenvalue weighted by atomic mass is 10.2. The van der Waals surface area contributed by atoms with E-state index >= 15 is 0 Å². The van der Waals surface area contributed by atoms with E-state index in [2.05, 4.69) is 14.8 Å².